The van der Waals surface area contributed by atoms with Crippen molar-refractivity contribution in [2.45, 2.75) is 64.9 Å². The molecule has 1 atom stereocenters. The molecule has 0 bridgehead atoms. The molecule has 1 N–H and O–H groups in total. The van der Waals surface area contributed by atoms with Crippen LogP contribution >= 0.6 is 0 Å². The largest absolute Gasteiger partial charge is 0.483 e. The average molecular weight is 630 g/mol. The zero-order chi connectivity index (χ0) is 30.6. The second-order valence-corrected chi connectivity index (χ2v) is 11.2. The van der Waals surface area contributed by atoms with Crippen LogP contribution in [0.25, 0.3) is 28.2 Å². The van der Waals surface area contributed by atoms with Crippen molar-refractivity contribution < 1.29 is 14.1 Å². The summed E-state index contributed by atoms with van der Waals surface area (Å²) < 4.78 is 12.3. The summed E-state index contributed by atoms with van der Waals surface area (Å²) in [7, 11) is 0. The summed E-state index contributed by atoms with van der Waals surface area (Å²) >= 11 is 0. The quantitative estimate of drug-likeness (QED) is 0.211. The zero-order valence-corrected chi connectivity index (χ0v) is 29.0. The van der Waals surface area contributed by atoms with Crippen molar-refractivity contribution in [3.05, 3.63) is 116 Å². The van der Waals surface area contributed by atoms with Crippen molar-refractivity contribution in [2.24, 2.45) is 0 Å². The summed E-state index contributed by atoms with van der Waals surface area (Å²) in [6.07, 6.45) is 4.83. The molecule has 6 rings (SSSR count). The maximum absolute atomic E-state index is 14.0. The molecule has 9 nitrogen and oxygen atoms in total. The number of hydrogen-bond donors (Lipinski definition) is 1. The molecule has 1 unspecified atom stereocenters. The Morgan fingerprint density at radius 1 is 0.956 bits per heavy atom. The van der Waals surface area contributed by atoms with Gasteiger partial charge in [-0.05, 0) is 73.6 Å². The zero-order valence-electron chi connectivity index (χ0n) is 25.8. The number of aryl methyl sites for hydroxylation is 2. The van der Waals surface area contributed by atoms with Crippen molar-refractivity contribution in [2.75, 3.05) is 0 Å². The van der Waals surface area contributed by atoms with E-state index in [-0.39, 0.29) is 62.7 Å². The Hall–Kier alpha value is -3.41. The van der Waals surface area contributed by atoms with E-state index in [2.05, 4.69) is 17.1 Å². The summed E-state index contributed by atoms with van der Waals surface area (Å²) in [5, 5.41) is 3.85. The Morgan fingerprint density at radius 2 is 1.69 bits per heavy atom. The first-order chi connectivity index (χ1) is 21.4. The Bertz CT molecular complexity index is 1910. The first-order valence-corrected chi connectivity index (χ1v) is 15.1. The van der Waals surface area contributed by atoms with Crippen molar-refractivity contribution in [1.29, 1.82) is 0 Å². The van der Waals surface area contributed by atoms with Crippen LogP contribution in [0.4, 0.5) is 0 Å². The normalized spacial score (nSPS) is 14.6. The fraction of sp³-hybridized carbons (Fsp3) is 0.286. The second-order valence-electron chi connectivity index (χ2n) is 11.2. The number of ketones is 1. The van der Waals surface area contributed by atoms with Crippen molar-refractivity contribution >= 4 is 57.2 Å². The molecule has 10 heteroatoms. The standard InChI is InChI=1S/C35H34N4O5.K/c1-3-8-30-29(21-23-13-15-24(16-14-23)27-9-4-5-10-28(27)33-37-35(42)44-38-33)34(41)39(22(2)36-30)25-17-19-26(20-18-25)43-32-12-7-6-11-31(32)40;/h4-5,9-10,13-20,32H,3,6-8,11-12,21H2,1-2H3,(H,37,38,42);. The number of hydrogen-bond acceptors (Lipinski definition) is 7. The Balaban J connectivity index is 0.00000400. The fourth-order valence-electron chi connectivity index (χ4n) is 5.85. The van der Waals surface area contributed by atoms with E-state index >= 15 is 0 Å². The third kappa shape index (κ3) is 7.36. The minimum Gasteiger partial charge on any atom is -0.483 e. The molecule has 1 aliphatic rings. The monoisotopic (exact) mass is 629 g/mol. The van der Waals surface area contributed by atoms with Gasteiger partial charge in [-0.3, -0.25) is 23.7 Å². The van der Waals surface area contributed by atoms with Crippen molar-refractivity contribution in [3.63, 3.8) is 0 Å². The van der Waals surface area contributed by atoms with E-state index in [4.69, 9.17) is 14.2 Å². The molecule has 1 saturated carbocycles. The number of Topliss-reactive ketones (excluding diaryl/α,β-unsaturated/α-hetero) is 1. The Morgan fingerprint density at radius 3 is 2.36 bits per heavy atom. The van der Waals surface area contributed by atoms with Gasteiger partial charge in [0.05, 0.1) is 11.4 Å². The van der Waals surface area contributed by atoms with E-state index in [9.17, 15) is 14.4 Å². The smallest absolute Gasteiger partial charge is 0.439 e. The summed E-state index contributed by atoms with van der Waals surface area (Å²) in [4.78, 5) is 45.3. The van der Waals surface area contributed by atoms with E-state index in [1.165, 1.54) is 0 Å². The summed E-state index contributed by atoms with van der Waals surface area (Å²) in [5.41, 5.74) is 5.65. The van der Waals surface area contributed by atoms with E-state index in [1.54, 1.807) is 4.57 Å². The van der Waals surface area contributed by atoms with Crippen LogP contribution in [0.15, 0.2) is 86.9 Å². The molecule has 45 heavy (non-hydrogen) atoms. The minimum absolute atomic E-state index is 0. The first kappa shape index (κ1) is 33.0. The van der Waals surface area contributed by atoms with Crippen molar-refractivity contribution in [3.8, 4) is 34.0 Å². The molecule has 1 fully saturated rings. The van der Waals surface area contributed by atoms with Gasteiger partial charge in [-0.1, -0.05) is 67.0 Å². The molecule has 2 heterocycles. The van der Waals surface area contributed by atoms with Gasteiger partial charge in [0.15, 0.2) is 17.7 Å². The molecular weight excluding hydrogens is 596 g/mol. The van der Waals surface area contributed by atoms with Crippen LogP contribution in [0.2, 0.25) is 0 Å². The van der Waals surface area contributed by atoms with E-state index in [0.717, 1.165) is 53.6 Å². The topological polar surface area (TPSA) is 120 Å². The van der Waals surface area contributed by atoms with Crippen LogP contribution in [-0.2, 0) is 17.6 Å². The van der Waals surface area contributed by atoms with Gasteiger partial charge in [-0.15, -0.1) is 0 Å². The van der Waals surface area contributed by atoms with Gasteiger partial charge < -0.3 is 4.74 Å². The number of carbonyl (C=O) groups is 1. The number of benzene rings is 3. The van der Waals surface area contributed by atoms with Crippen LogP contribution in [0.5, 0.6) is 5.75 Å². The maximum Gasteiger partial charge on any atom is 0.439 e. The molecule has 5 aromatic rings. The predicted molar refractivity (Wildman–Crippen MR) is 173 cm³/mol. The molecule has 1 radical (unpaired) electrons. The Labute approximate surface area is 303 Å². The van der Waals surface area contributed by atoms with Crippen LogP contribution in [0, 0.1) is 6.92 Å². The number of rotatable bonds is 9. The van der Waals surface area contributed by atoms with Gasteiger partial charge in [0, 0.05) is 75.4 Å². The van der Waals surface area contributed by atoms with E-state index in [1.807, 2.05) is 79.7 Å². The molecule has 0 saturated heterocycles. The molecule has 225 valence electrons. The van der Waals surface area contributed by atoms with Gasteiger partial charge in [-0.25, -0.2) is 9.78 Å². The molecule has 2 aromatic heterocycles. The SMILES string of the molecule is CCCc1nc(C)n(-c2ccc(OC3CCCCC3=O)cc2)c(=O)c1Cc1ccc(-c2ccccc2-c2noc(=O)[nH]2)cc1.[K]. The van der Waals surface area contributed by atoms with Gasteiger partial charge >= 0.3 is 5.76 Å². The van der Waals surface area contributed by atoms with Gasteiger partial charge in [0.25, 0.3) is 5.56 Å². The number of H-pyrrole nitrogens is 1. The maximum atomic E-state index is 14.0. The summed E-state index contributed by atoms with van der Waals surface area (Å²) in [5.74, 6) is 1.15. The molecule has 3 aromatic carbocycles. The molecular formula is C35H34KN4O5. The summed E-state index contributed by atoms with van der Waals surface area (Å²) in [6, 6.07) is 23.0. The fourth-order valence-corrected chi connectivity index (χ4v) is 5.85. The number of nitrogens with zero attached hydrogens (tertiary/aromatic N) is 3. The number of nitrogens with one attached hydrogen (secondary N) is 1. The third-order valence-corrected chi connectivity index (χ3v) is 8.06. The predicted octanol–water partition coefficient (Wildman–Crippen LogP) is 5.60. The van der Waals surface area contributed by atoms with E-state index in [0.29, 0.717) is 47.9 Å². The second kappa shape index (κ2) is 14.8. The van der Waals surface area contributed by atoms with Crippen LogP contribution in [0.3, 0.4) is 0 Å². The third-order valence-electron chi connectivity index (χ3n) is 8.06. The molecule has 1 aliphatic carbocycles. The Kier molecular flexibility index (Phi) is 10.8. The number of aromatic amines is 1. The molecule has 0 amide bonds. The van der Waals surface area contributed by atoms with Crippen LogP contribution in [0.1, 0.15) is 61.7 Å². The average Bonchev–Trinajstić information content (AvgIpc) is 3.47. The molecule has 0 aliphatic heterocycles. The van der Waals surface area contributed by atoms with Crippen LogP contribution in [-0.4, -0.2) is 83.0 Å². The van der Waals surface area contributed by atoms with Gasteiger partial charge in [0.1, 0.15) is 11.6 Å². The molecule has 0 spiro atoms. The van der Waals surface area contributed by atoms with E-state index < -0.39 is 11.9 Å². The number of aromatic nitrogens is 4. The van der Waals surface area contributed by atoms with Gasteiger partial charge in [-0.2, -0.15) is 0 Å². The minimum atomic E-state index is -0.606. The van der Waals surface area contributed by atoms with Gasteiger partial charge in [0.2, 0.25) is 0 Å². The van der Waals surface area contributed by atoms with Crippen LogP contribution < -0.4 is 16.1 Å². The number of ether oxygens (including phenoxy) is 1. The van der Waals surface area contributed by atoms with Crippen molar-refractivity contribution in [1.82, 2.24) is 19.7 Å². The first-order valence-electron chi connectivity index (χ1n) is 15.1. The number of carbonyl (C=O) groups excluding carboxylic acids is 1. The summed E-state index contributed by atoms with van der Waals surface area (Å²) in [6.45, 7) is 3.93.